The maximum atomic E-state index is 14.9. The van der Waals surface area contributed by atoms with E-state index < -0.39 is 17.3 Å². The number of fused-ring (bicyclic) bond motifs is 1. The van der Waals surface area contributed by atoms with Crippen molar-refractivity contribution in [1.82, 2.24) is 24.9 Å². The van der Waals surface area contributed by atoms with Crippen LogP contribution >= 0.6 is 0 Å². The average Bonchev–Trinajstić information content (AvgIpc) is 3.16. The molecule has 4 aromatic rings. The van der Waals surface area contributed by atoms with Crippen LogP contribution in [-0.2, 0) is 11.3 Å². The molecule has 2 aliphatic rings. The molecule has 3 aromatic heterocycles. The van der Waals surface area contributed by atoms with E-state index in [0.29, 0.717) is 35.6 Å². The van der Waals surface area contributed by atoms with Crippen molar-refractivity contribution in [3.05, 3.63) is 66.1 Å². The molecule has 1 aliphatic heterocycles. The first kappa shape index (κ1) is 21.4. The maximum Gasteiger partial charge on any atom is 0.329 e. The minimum Gasteiger partial charge on any atom is -0.479 e. The first-order valence-electron chi connectivity index (χ1n) is 11.2. The van der Waals surface area contributed by atoms with Crippen LogP contribution in [-0.4, -0.2) is 48.1 Å². The van der Waals surface area contributed by atoms with Gasteiger partial charge < -0.3 is 14.5 Å². The Morgan fingerprint density at radius 1 is 1.20 bits per heavy atom. The number of nitrogens with zero attached hydrogens (tertiary/aromatic N) is 6. The van der Waals surface area contributed by atoms with Crippen LogP contribution in [0.15, 0.2) is 53.4 Å². The second-order valence-corrected chi connectivity index (χ2v) is 8.84. The molecule has 0 radical (unpaired) electrons. The topological polar surface area (TPSA) is 110 Å². The van der Waals surface area contributed by atoms with Crippen LogP contribution in [0, 0.1) is 17.6 Å². The molecular weight excluding hydrogens is 458 g/mol. The number of aliphatic carboxylic acids is 1. The standard InChI is InChI=1S/C24H20F2N6O3/c25-16-6-2-1-4-14(16)13-32-20(18-7-9-35-30-18)10-19(29-32)21-27-12-17(26)22(28-21)31-8-3-5-15-11-24(15,31)23(33)34/h1-2,4,6-7,9-10,12,15H,3,5,8,11,13H2,(H,33,34). The minimum absolute atomic E-state index is 0.0229. The zero-order chi connectivity index (χ0) is 24.2. The fourth-order valence-electron chi connectivity index (χ4n) is 5.01. The molecule has 0 bridgehead atoms. The number of hydrogen-bond donors (Lipinski definition) is 1. The molecule has 0 spiro atoms. The Hall–Kier alpha value is -4.15. The summed E-state index contributed by atoms with van der Waals surface area (Å²) in [7, 11) is 0. The highest BCUT2D eigenvalue weighted by Gasteiger charge is 2.66. The van der Waals surface area contributed by atoms with Crippen molar-refractivity contribution in [2.45, 2.75) is 31.3 Å². The predicted molar refractivity (Wildman–Crippen MR) is 119 cm³/mol. The Balaban J connectivity index is 1.42. The number of hydrogen-bond acceptors (Lipinski definition) is 7. The summed E-state index contributed by atoms with van der Waals surface area (Å²) in [6.45, 7) is 0.501. The summed E-state index contributed by atoms with van der Waals surface area (Å²) in [6, 6.07) is 9.67. The molecule has 2 fully saturated rings. The van der Waals surface area contributed by atoms with E-state index in [1.807, 2.05) is 0 Å². The van der Waals surface area contributed by atoms with Gasteiger partial charge in [-0.3, -0.25) is 4.68 Å². The Bertz CT molecular complexity index is 1420. The number of anilines is 1. The summed E-state index contributed by atoms with van der Waals surface area (Å²) in [5.74, 6) is -1.98. The van der Waals surface area contributed by atoms with Crippen LogP contribution in [0.25, 0.3) is 22.9 Å². The monoisotopic (exact) mass is 478 g/mol. The normalized spacial score (nSPS) is 21.1. The molecule has 1 saturated heterocycles. The third-order valence-corrected chi connectivity index (χ3v) is 6.83. The molecule has 4 heterocycles. The fourth-order valence-corrected chi connectivity index (χ4v) is 5.01. The van der Waals surface area contributed by atoms with Crippen LogP contribution in [0.2, 0.25) is 0 Å². The summed E-state index contributed by atoms with van der Waals surface area (Å²) in [6.07, 6.45) is 4.46. The smallest absolute Gasteiger partial charge is 0.329 e. The molecule has 1 N–H and O–H groups in total. The fraction of sp³-hybridized carbons (Fsp3) is 0.292. The Morgan fingerprint density at radius 2 is 2.06 bits per heavy atom. The van der Waals surface area contributed by atoms with E-state index in [-0.39, 0.29) is 29.9 Å². The SMILES string of the molecule is O=C(O)C12CC1CCCN2c1nc(-c2cc(-c3ccon3)n(Cc3ccccc3F)n2)ncc1F. The van der Waals surface area contributed by atoms with Gasteiger partial charge in [0.15, 0.2) is 17.5 Å². The van der Waals surface area contributed by atoms with Crippen molar-refractivity contribution in [2.75, 3.05) is 11.4 Å². The molecule has 1 saturated carbocycles. The third-order valence-electron chi connectivity index (χ3n) is 6.83. The van der Waals surface area contributed by atoms with Gasteiger partial charge in [-0.1, -0.05) is 23.4 Å². The lowest BCUT2D eigenvalue weighted by Gasteiger charge is -2.34. The van der Waals surface area contributed by atoms with Gasteiger partial charge in [-0.15, -0.1) is 0 Å². The second kappa shape index (κ2) is 7.97. The van der Waals surface area contributed by atoms with Gasteiger partial charge in [0.2, 0.25) is 0 Å². The van der Waals surface area contributed by atoms with Crippen LogP contribution in [0.1, 0.15) is 24.8 Å². The van der Waals surface area contributed by atoms with Crippen molar-refractivity contribution in [1.29, 1.82) is 0 Å². The number of carboxylic acids is 1. The van der Waals surface area contributed by atoms with Crippen LogP contribution in [0.5, 0.6) is 0 Å². The van der Waals surface area contributed by atoms with Crippen molar-refractivity contribution in [2.24, 2.45) is 5.92 Å². The molecule has 0 amide bonds. The second-order valence-electron chi connectivity index (χ2n) is 8.84. The molecule has 2 unspecified atom stereocenters. The maximum absolute atomic E-state index is 14.9. The van der Waals surface area contributed by atoms with Gasteiger partial charge in [0.1, 0.15) is 29.0 Å². The van der Waals surface area contributed by atoms with Crippen LogP contribution in [0.4, 0.5) is 14.6 Å². The summed E-state index contributed by atoms with van der Waals surface area (Å²) < 4.78 is 35.7. The van der Waals surface area contributed by atoms with Crippen LogP contribution < -0.4 is 4.90 Å². The van der Waals surface area contributed by atoms with Crippen molar-refractivity contribution in [3.63, 3.8) is 0 Å². The molecule has 11 heteroatoms. The van der Waals surface area contributed by atoms with E-state index >= 15 is 0 Å². The van der Waals surface area contributed by atoms with E-state index in [1.54, 1.807) is 39.9 Å². The van der Waals surface area contributed by atoms with E-state index in [4.69, 9.17) is 4.52 Å². The van der Waals surface area contributed by atoms with Gasteiger partial charge in [-0.25, -0.2) is 23.5 Å². The van der Waals surface area contributed by atoms with Gasteiger partial charge in [-0.2, -0.15) is 5.10 Å². The molecule has 1 aromatic carbocycles. The summed E-state index contributed by atoms with van der Waals surface area (Å²) in [5, 5.41) is 18.4. The van der Waals surface area contributed by atoms with E-state index in [2.05, 4.69) is 20.2 Å². The number of aromatic nitrogens is 5. The molecule has 35 heavy (non-hydrogen) atoms. The number of halogens is 2. The predicted octanol–water partition coefficient (Wildman–Crippen LogP) is 3.77. The highest BCUT2D eigenvalue weighted by Crippen LogP contribution is 2.55. The third kappa shape index (κ3) is 3.46. The molecule has 1 aliphatic carbocycles. The number of carbonyl (C=O) groups is 1. The molecule has 9 nitrogen and oxygen atoms in total. The average molecular weight is 478 g/mol. The molecule has 178 valence electrons. The van der Waals surface area contributed by atoms with Crippen molar-refractivity contribution in [3.8, 4) is 22.9 Å². The lowest BCUT2D eigenvalue weighted by Crippen LogP contribution is -2.49. The zero-order valence-corrected chi connectivity index (χ0v) is 18.4. The number of carboxylic acid groups (broad SMARTS) is 1. The van der Waals surface area contributed by atoms with E-state index in [0.717, 1.165) is 19.0 Å². The van der Waals surface area contributed by atoms with Gasteiger partial charge in [0, 0.05) is 18.2 Å². The highest BCUT2D eigenvalue weighted by molar-refractivity contribution is 5.88. The van der Waals surface area contributed by atoms with Crippen molar-refractivity contribution < 1.29 is 23.2 Å². The number of rotatable bonds is 6. The first-order valence-corrected chi connectivity index (χ1v) is 11.2. The lowest BCUT2D eigenvalue weighted by atomic mass is 10.0. The van der Waals surface area contributed by atoms with E-state index in [1.165, 1.54) is 12.3 Å². The summed E-state index contributed by atoms with van der Waals surface area (Å²) in [5.41, 5.74) is 0.622. The Labute approximate surface area is 198 Å². The van der Waals surface area contributed by atoms with Gasteiger partial charge in [0.25, 0.3) is 0 Å². The van der Waals surface area contributed by atoms with Crippen molar-refractivity contribution >= 4 is 11.8 Å². The molecule has 6 rings (SSSR count). The molecular formula is C24H20F2N6O3. The first-order chi connectivity index (χ1) is 17.0. The molecule has 2 atom stereocenters. The Morgan fingerprint density at radius 3 is 2.83 bits per heavy atom. The number of benzene rings is 1. The zero-order valence-electron chi connectivity index (χ0n) is 18.4. The van der Waals surface area contributed by atoms with Crippen LogP contribution in [0.3, 0.4) is 0 Å². The highest BCUT2D eigenvalue weighted by atomic mass is 19.1. The van der Waals surface area contributed by atoms with Gasteiger partial charge in [0.05, 0.1) is 18.4 Å². The Kier molecular flexibility index (Phi) is 4.87. The summed E-state index contributed by atoms with van der Waals surface area (Å²) in [4.78, 5) is 22.2. The largest absolute Gasteiger partial charge is 0.479 e. The number of piperidine rings is 1. The minimum atomic E-state index is -1.12. The lowest BCUT2D eigenvalue weighted by molar-refractivity contribution is -0.140. The van der Waals surface area contributed by atoms with Gasteiger partial charge >= 0.3 is 5.97 Å². The summed E-state index contributed by atoms with van der Waals surface area (Å²) >= 11 is 0. The quantitative estimate of drug-likeness (QED) is 0.446. The van der Waals surface area contributed by atoms with E-state index in [9.17, 15) is 18.7 Å². The van der Waals surface area contributed by atoms with Gasteiger partial charge in [-0.05, 0) is 37.3 Å².